The molecule has 124 valence electrons. The number of rotatable bonds is 2. The van der Waals surface area contributed by atoms with Crippen molar-refractivity contribution in [2.24, 2.45) is 0 Å². The number of hydrogen-bond acceptors (Lipinski definition) is 4. The Morgan fingerprint density at radius 2 is 1.67 bits per heavy atom. The predicted molar refractivity (Wildman–Crippen MR) is 85.8 cm³/mol. The van der Waals surface area contributed by atoms with Gasteiger partial charge in [0, 0.05) is 11.8 Å². The van der Waals surface area contributed by atoms with Crippen LogP contribution < -0.4 is 20.1 Å². The van der Waals surface area contributed by atoms with Crippen molar-refractivity contribution in [3.63, 3.8) is 0 Å². The molecule has 6 nitrogen and oxygen atoms in total. The van der Waals surface area contributed by atoms with Gasteiger partial charge in [0.2, 0.25) is 0 Å². The number of ether oxygens (including phenoxy) is 2. The van der Waals surface area contributed by atoms with Crippen molar-refractivity contribution in [2.75, 3.05) is 23.8 Å². The number of nitrogens with one attached hydrogen (secondary N) is 2. The minimum atomic E-state index is -0.965. The molecule has 2 N–H and O–H groups in total. The quantitative estimate of drug-likeness (QED) is 0.830. The van der Waals surface area contributed by atoms with E-state index in [1.807, 2.05) is 0 Å². The third-order valence-corrected chi connectivity index (χ3v) is 3.38. The summed E-state index contributed by atoms with van der Waals surface area (Å²) in [5.74, 6) is -1.41. The number of benzene rings is 2. The van der Waals surface area contributed by atoms with Crippen LogP contribution in [0.15, 0.2) is 36.4 Å². The smallest absolute Gasteiger partial charge is 0.314 e. The standard InChI is InChI=1S/C17H15FN2O4/c1-10-2-4-13(12(18)8-10)20-17(22)16(21)19-11-3-5-14-15(9-11)24-7-6-23-14/h2-5,8-9H,6-7H2,1H3,(H,19,21)(H,20,22). The first-order chi connectivity index (χ1) is 11.5. The first kappa shape index (κ1) is 15.8. The Hall–Kier alpha value is -3.09. The lowest BCUT2D eigenvalue weighted by atomic mass is 10.2. The maximum atomic E-state index is 13.7. The van der Waals surface area contributed by atoms with Gasteiger partial charge in [0.1, 0.15) is 19.0 Å². The molecule has 0 radical (unpaired) electrons. The Kier molecular flexibility index (Phi) is 4.33. The molecule has 2 amide bonds. The number of hydrogen-bond donors (Lipinski definition) is 2. The molecule has 2 aromatic rings. The maximum Gasteiger partial charge on any atom is 0.314 e. The molecule has 0 bridgehead atoms. The average molecular weight is 330 g/mol. The summed E-state index contributed by atoms with van der Waals surface area (Å²) in [4.78, 5) is 23.8. The lowest BCUT2D eigenvalue weighted by Crippen LogP contribution is -2.29. The minimum absolute atomic E-state index is 0.0528. The Balaban J connectivity index is 1.67. The van der Waals surface area contributed by atoms with E-state index >= 15 is 0 Å². The molecule has 0 fully saturated rings. The summed E-state index contributed by atoms with van der Waals surface area (Å²) >= 11 is 0. The summed E-state index contributed by atoms with van der Waals surface area (Å²) < 4.78 is 24.5. The van der Waals surface area contributed by atoms with Crippen molar-refractivity contribution in [1.29, 1.82) is 0 Å². The Labute approximate surface area is 137 Å². The van der Waals surface area contributed by atoms with Crippen LogP contribution in [0.5, 0.6) is 11.5 Å². The minimum Gasteiger partial charge on any atom is -0.486 e. The van der Waals surface area contributed by atoms with Gasteiger partial charge in [-0.2, -0.15) is 0 Å². The lowest BCUT2D eigenvalue weighted by Gasteiger charge is -2.18. The molecule has 0 unspecified atom stereocenters. The van der Waals surface area contributed by atoms with E-state index in [1.165, 1.54) is 12.1 Å². The van der Waals surface area contributed by atoms with Gasteiger partial charge < -0.3 is 20.1 Å². The second-order valence-corrected chi connectivity index (χ2v) is 5.25. The highest BCUT2D eigenvalue weighted by atomic mass is 19.1. The van der Waals surface area contributed by atoms with E-state index < -0.39 is 17.6 Å². The number of anilines is 2. The fourth-order valence-corrected chi connectivity index (χ4v) is 2.21. The van der Waals surface area contributed by atoms with Gasteiger partial charge >= 0.3 is 11.8 Å². The van der Waals surface area contributed by atoms with Crippen LogP contribution in [0, 0.1) is 12.7 Å². The molecular formula is C17H15FN2O4. The van der Waals surface area contributed by atoms with Crippen LogP contribution in [0.25, 0.3) is 0 Å². The SMILES string of the molecule is Cc1ccc(NC(=O)C(=O)Nc2ccc3c(c2)OCCO3)c(F)c1. The summed E-state index contributed by atoms with van der Waals surface area (Å²) in [5.41, 5.74) is 1.04. The van der Waals surface area contributed by atoms with Gasteiger partial charge in [-0.15, -0.1) is 0 Å². The van der Waals surface area contributed by atoms with Crippen molar-refractivity contribution >= 4 is 23.2 Å². The van der Waals surface area contributed by atoms with Crippen LogP contribution in [0.4, 0.5) is 15.8 Å². The zero-order valence-corrected chi connectivity index (χ0v) is 12.9. The van der Waals surface area contributed by atoms with E-state index in [2.05, 4.69) is 10.6 Å². The third-order valence-electron chi connectivity index (χ3n) is 3.38. The number of carbonyl (C=O) groups excluding carboxylic acids is 2. The van der Waals surface area contributed by atoms with Gasteiger partial charge in [-0.3, -0.25) is 9.59 Å². The summed E-state index contributed by atoms with van der Waals surface area (Å²) in [6.45, 7) is 2.60. The monoisotopic (exact) mass is 330 g/mol. The molecule has 3 rings (SSSR count). The van der Waals surface area contributed by atoms with Crippen LogP contribution in [-0.4, -0.2) is 25.0 Å². The topological polar surface area (TPSA) is 76.7 Å². The van der Waals surface area contributed by atoms with Gasteiger partial charge in [-0.25, -0.2) is 4.39 Å². The molecule has 0 atom stereocenters. The zero-order valence-electron chi connectivity index (χ0n) is 12.9. The average Bonchev–Trinajstić information content (AvgIpc) is 2.57. The second kappa shape index (κ2) is 6.57. The zero-order chi connectivity index (χ0) is 17.1. The summed E-state index contributed by atoms with van der Waals surface area (Å²) in [5, 5.41) is 4.67. The summed E-state index contributed by atoms with van der Waals surface area (Å²) in [6.07, 6.45) is 0. The van der Waals surface area contributed by atoms with Gasteiger partial charge in [-0.1, -0.05) is 6.07 Å². The number of fused-ring (bicyclic) bond motifs is 1. The molecule has 0 saturated carbocycles. The van der Waals surface area contributed by atoms with Gasteiger partial charge in [0.25, 0.3) is 0 Å². The van der Waals surface area contributed by atoms with E-state index in [-0.39, 0.29) is 5.69 Å². The molecule has 1 aliphatic rings. The fraction of sp³-hybridized carbons (Fsp3) is 0.176. The second-order valence-electron chi connectivity index (χ2n) is 5.25. The Morgan fingerprint density at radius 1 is 0.958 bits per heavy atom. The molecule has 0 aromatic heterocycles. The van der Waals surface area contributed by atoms with E-state index in [0.717, 1.165) is 0 Å². The van der Waals surface area contributed by atoms with Crippen molar-refractivity contribution < 1.29 is 23.5 Å². The maximum absolute atomic E-state index is 13.7. The van der Waals surface area contributed by atoms with Crippen LogP contribution in [-0.2, 0) is 9.59 Å². The van der Waals surface area contributed by atoms with Crippen LogP contribution in [0.1, 0.15) is 5.56 Å². The molecule has 2 aromatic carbocycles. The van der Waals surface area contributed by atoms with E-state index in [1.54, 1.807) is 31.2 Å². The molecule has 0 saturated heterocycles. The van der Waals surface area contributed by atoms with Crippen LogP contribution >= 0.6 is 0 Å². The largest absolute Gasteiger partial charge is 0.486 e. The molecule has 0 aliphatic carbocycles. The van der Waals surface area contributed by atoms with Gasteiger partial charge in [0.05, 0.1) is 5.69 Å². The van der Waals surface area contributed by atoms with Crippen molar-refractivity contribution in [1.82, 2.24) is 0 Å². The van der Waals surface area contributed by atoms with Crippen molar-refractivity contribution in [3.05, 3.63) is 47.8 Å². The van der Waals surface area contributed by atoms with E-state index in [0.29, 0.717) is 36.0 Å². The number of aryl methyl sites for hydroxylation is 1. The van der Waals surface area contributed by atoms with Gasteiger partial charge in [0.15, 0.2) is 11.5 Å². The number of amides is 2. The Morgan fingerprint density at radius 3 is 2.42 bits per heavy atom. The summed E-state index contributed by atoms with van der Waals surface area (Å²) in [6, 6.07) is 9.10. The molecular weight excluding hydrogens is 315 g/mol. The normalized spacial score (nSPS) is 12.4. The Bertz CT molecular complexity index is 807. The fourth-order valence-electron chi connectivity index (χ4n) is 2.21. The van der Waals surface area contributed by atoms with Crippen LogP contribution in [0.2, 0.25) is 0 Å². The van der Waals surface area contributed by atoms with Crippen molar-refractivity contribution in [3.8, 4) is 11.5 Å². The first-order valence-corrected chi connectivity index (χ1v) is 7.31. The molecule has 1 aliphatic heterocycles. The molecule has 7 heteroatoms. The van der Waals surface area contributed by atoms with Crippen LogP contribution in [0.3, 0.4) is 0 Å². The highest BCUT2D eigenvalue weighted by Crippen LogP contribution is 2.32. The van der Waals surface area contributed by atoms with E-state index in [4.69, 9.17) is 9.47 Å². The van der Waals surface area contributed by atoms with Crippen molar-refractivity contribution in [2.45, 2.75) is 6.92 Å². The highest BCUT2D eigenvalue weighted by molar-refractivity contribution is 6.43. The molecule has 24 heavy (non-hydrogen) atoms. The number of carbonyl (C=O) groups is 2. The number of halogens is 1. The molecule has 1 heterocycles. The van der Waals surface area contributed by atoms with Gasteiger partial charge in [-0.05, 0) is 36.8 Å². The van der Waals surface area contributed by atoms with E-state index in [9.17, 15) is 14.0 Å². The lowest BCUT2D eigenvalue weighted by molar-refractivity contribution is -0.133. The summed E-state index contributed by atoms with van der Waals surface area (Å²) in [7, 11) is 0. The predicted octanol–water partition coefficient (Wildman–Crippen LogP) is 2.48. The molecule has 0 spiro atoms. The third kappa shape index (κ3) is 3.45. The first-order valence-electron chi connectivity index (χ1n) is 7.31. The highest BCUT2D eigenvalue weighted by Gasteiger charge is 2.18.